The largest absolute Gasteiger partial charge is 0.389 e. The maximum Gasteiger partial charge on any atom is 0.0701 e. The molecular weight excluding hydrogens is 316 g/mol. The predicted molar refractivity (Wildman–Crippen MR) is 112 cm³/mol. The lowest BCUT2D eigenvalue weighted by Gasteiger charge is -2.62. The van der Waals surface area contributed by atoms with E-state index in [1.807, 2.05) is 11.1 Å². The number of hydrogen-bond donors (Lipinski definition) is 1. The highest BCUT2D eigenvalue weighted by atomic mass is 16.3. The highest BCUT2D eigenvalue weighted by Crippen LogP contribution is 2.63. The van der Waals surface area contributed by atoms with E-state index < -0.39 is 5.60 Å². The van der Waals surface area contributed by atoms with Crippen LogP contribution in [0.25, 0.3) is 0 Å². The number of fused-ring (bicyclic) bond motifs is 2. The molecular formula is C25H44O. The molecule has 1 nitrogen and oxygen atoms in total. The van der Waals surface area contributed by atoms with Crippen molar-refractivity contribution in [1.29, 1.82) is 0 Å². The first-order valence-corrected chi connectivity index (χ1v) is 11.8. The van der Waals surface area contributed by atoms with Crippen LogP contribution in [0.4, 0.5) is 0 Å². The molecule has 26 heavy (non-hydrogen) atoms. The first kappa shape index (κ1) is 20.4. The Morgan fingerprint density at radius 3 is 2.38 bits per heavy atom. The van der Waals surface area contributed by atoms with E-state index in [-0.39, 0.29) is 5.41 Å². The van der Waals surface area contributed by atoms with Gasteiger partial charge < -0.3 is 5.11 Å². The molecule has 0 bridgehead atoms. The quantitative estimate of drug-likeness (QED) is 0.516. The van der Waals surface area contributed by atoms with Crippen LogP contribution in [0.3, 0.4) is 0 Å². The molecule has 0 aliphatic heterocycles. The molecule has 0 aromatic carbocycles. The summed E-state index contributed by atoms with van der Waals surface area (Å²) < 4.78 is 0. The molecule has 0 heterocycles. The van der Waals surface area contributed by atoms with Crippen molar-refractivity contribution in [2.24, 2.45) is 35.0 Å². The van der Waals surface area contributed by atoms with Gasteiger partial charge in [0.2, 0.25) is 0 Å². The maximum absolute atomic E-state index is 11.8. The normalized spacial score (nSPS) is 42.8. The van der Waals surface area contributed by atoms with E-state index >= 15 is 0 Å². The topological polar surface area (TPSA) is 20.2 Å². The van der Waals surface area contributed by atoms with Gasteiger partial charge in [0.1, 0.15) is 0 Å². The summed E-state index contributed by atoms with van der Waals surface area (Å²) in [4.78, 5) is 0. The fourth-order valence-electron chi connectivity index (χ4n) is 8.02. The minimum absolute atomic E-state index is 0.0636. The fourth-order valence-corrected chi connectivity index (χ4v) is 8.02. The monoisotopic (exact) mass is 360 g/mol. The number of allylic oxidation sites excluding steroid dienone is 2. The zero-order chi connectivity index (χ0) is 19.1. The third-order valence-corrected chi connectivity index (χ3v) is 9.06. The Labute approximate surface area is 163 Å². The van der Waals surface area contributed by atoms with Gasteiger partial charge in [-0.2, -0.15) is 0 Å². The van der Waals surface area contributed by atoms with E-state index in [1.165, 1.54) is 44.9 Å². The smallest absolute Gasteiger partial charge is 0.0701 e. The van der Waals surface area contributed by atoms with Gasteiger partial charge in [0.15, 0.2) is 0 Å². The molecule has 1 fully saturated rings. The van der Waals surface area contributed by atoms with E-state index in [4.69, 9.17) is 0 Å². The summed E-state index contributed by atoms with van der Waals surface area (Å²) in [5.41, 5.74) is 3.29. The van der Waals surface area contributed by atoms with Crippen LogP contribution in [0.2, 0.25) is 0 Å². The molecule has 3 unspecified atom stereocenters. The molecule has 1 N–H and O–H groups in total. The summed E-state index contributed by atoms with van der Waals surface area (Å²) >= 11 is 0. The number of hydrogen-bond acceptors (Lipinski definition) is 1. The average molecular weight is 361 g/mol. The van der Waals surface area contributed by atoms with Crippen LogP contribution < -0.4 is 0 Å². The lowest BCUT2D eigenvalue weighted by Crippen LogP contribution is -2.59. The molecule has 1 heteroatoms. The lowest BCUT2D eigenvalue weighted by molar-refractivity contribution is -0.174. The van der Waals surface area contributed by atoms with Gasteiger partial charge in [0, 0.05) is 0 Å². The molecule has 150 valence electrons. The molecule has 7 atom stereocenters. The Morgan fingerprint density at radius 1 is 1.08 bits per heavy atom. The van der Waals surface area contributed by atoms with Crippen LogP contribution in [-0.4, -0.2) is 10.7 Å². The van der Waals surface area contributed by atoms with Gasteiger partial charge in [-0.3, -0.25) is 0 Å². The SMILES string of the molecule is CCC[C@](O)(CC)[C@@]1(C)C[C@H](C)C2C3=C(CCCC3)C[C@@H](C)C2C1CC. The van der Waals surface area contributed by atoms with Crippen LogP contribution in [0.15, 0.2) is 11.1 Å². The summed E-state index contributed by atoms with van der Waals surface area (Å²) in [6, 6.07) is 0. The maximum atomic E-state index is 11.8. The summed E-state index contributed by atoms with van der Waals surface area (Å²) in [6.45, 7) is 14.4. The second-order valence-electron chi connectivity index (χ2n) is 10.4. The number of rotatable bonds is 5. The Morgan fingerprint density at radius 2 is 1.77 bits per heavy atom. The molecule has 0 aromatic heterocycles. The molecule has 3 rings (SSSR count). The summed E-state index contributed by atoms with van der Waals surface area (Å²) in [7, 11) is 0. The first-order valence-electron chi connectivity index (χ1n) is 11.8. The lowest BCUT2D eigenvalue weighted by atomic mass is 9.44. The Kier molecular flexibility index (Phi) is 5.98. The van der Waals surface area contributed by atoms with Crippen molar-refractivity contribution < 1.29 is 5.11 Å². The highest BCUT2D eigenvalue weighted by Gasteiger charge is 2.59. The Bertz CT molecular complexity index is 534. The summed E-state index contributed by atoms with van der Waals surface area (Å²) in [5, 5.41) is 11.8. The van der Waals surface area contributed by atoms with Crippen LogP contribution in [0, 0.1) is 35.0 Å². The van der Waals surface area contributed by atoms with Crippen molar-refractivity contribution in [3.05, 3.63) is 11.1 Å². The molecule has 1 saturated carbocycles. The van der Waals surface area contributed by atoms with E-state index in [0.717, 1.165) is 37.0 Å². The zero-order valence-electron chi connectivity index (χ0n) is 18.4. The van der Waals surface area contributed by atoms with Gasteiger partial charge in [0.05, 0.1) is 5.60 Å². The molecule has 0 aromatic rings. The van der Waals surface area contributed by atoms with E-state index in [9.17, 15) is 5.11 Å². The van der Waals surface area contributed by atoms with E-state index in [0.29, 0.717) is 11.8 Å². The van der Waals surface area contributed by atoms with Crippen molar-refractivity contribution in [1.82, 2.24) is 0 Å². The highest BCUT2D eigenvalue weighted by molar-refractivity contribution is 5.28. The third-order valence-electron chi connectivity index (χ3n) is 9.06. The van der Waals surface area contributed by atoms with Gasteiger partial charge in [-0.05, 0) is 86.4 Å². The molecule has 0 amide bonds. The third kappa shape index (κ3) is 3.01. The van der Waals surface area contributed by atoms with Gasteiger partial charge in [0.25, 0.3) is 0 Å². The van der Waals surface area contributed by atoms with E-state index in [1.54, 1.807) is 0 Å². The Hall–Kier alpha value is -0.300. The van der Waals surface area contributed by atoms with Crippen molar-refractivity contribution in [3.63, 3.8) is 0 Å². The first-order chi connectivity index (χ1) is 12.3. The van der Waals surface area contributed by atoms with Crippen molar-refractivity contribution in [2.45, 2.75) is 111 Å². The van der Waals surface area contributed by atoms with Gasteiger partial charge in [-0.15, -0.1) is 0 Å². The van der Waals surface area contributed by atoms with Crippen LogP contribution in [0.5, 0.6) is 0 Å². The molecule has 0 radical (unpaired) electrons. The number of aliphatic hydroxyl groups is 1. The summed E-state index contributed by atoms with van der Waals surface area (Å²) in [5.74, 6) is 3.74. The second kappa shape index (κ2) is 7.61. The fraction of sp³-hybridized carbons (Fsp3) is 0.920. The zero-order valence-corrected chi connectivity index (χ0v) is 18.4. The van der Waals surface area contributed by atoms with Crippen molar-refractivity contribution in [2.75, 3.05) is 0 Å². The minimum Gasteiger partial charge on any atom is -0.389 e. The van der Waals surface area contributed by atoms with Crippen LogP contribution in [-0.2, 0) is 0 Å². The van der Waals surface area contributed by atoms with Crippen molar-refractivity contribution in [3.8, 4) is 0 Å². The summed E-state index contributed by atoms with van der Waals surface area (Å²) in [6.07, 6.45) is 12.3. The predicted octanol–water partition coefficient (Wildman–Crippen LogP) is 7.14. The van der Waals surface area contributed by atoms with Crippen LogP contribution >= 0.6 is 0 Å². The Balaban J connectivity index is 2.04. The average Bonchev–Trinajstić information content (AvgIpc) is 2.61. The van der Waals surface area contributed by atoms with E-state index in [2.05, 4.69) is 41.5 Å². The minimum atomic E-state index is -0.497. The van der Waals surface area contributed by atoms with Crippen molar-refractivity contribution >= 4 is 0 Å². The van der Waals surface area contributed by atoms with Gasteiger partial charge >= 0.3 is 0 Å². The molecule has 0 saturated heterocycles. The molecule has 0 spiro atoms. The van der Waals surface area contributed by atoms with Crippen LogP contribution in [0.1, 0.15) is 106 Å². The standard InChI is InChI=1S/C25H44O/c1-7-14-25(26,9-3)24(6)16-18(5)22-20-13-11-10-12-19(20)15-17(4)23(22)21(24)8-2/h17-18,21-23,26H,7-16H2,1-6H3/t17-,18+,21?,22?,23?,24+,25-/m1/s1. The molecule has 3 aliphatic carbocycles. The second-order valence-corrected chi connectivity index (χ2v) is 10.4. The molecule has 3 aliphatic rings. The van der Waals surface area contributed by atoms with Gasteiger partial charge in [-0.25, -0.2) is 0 Å². The van der Waals surface area contributed by atoms with Gasteiger partial charge in [-0.1, -0.05) is 65.5 Å².